The number of carboxylic acid groups (broad SMARTS) is 1. The van der Waals surface area contributed by atoms with Crippen LogP contribution in [0.4, 0.5) is 0 Å². The Bertz CT molecular complexity index is 599. The molecule has 2 aliphatic rings. The largest absolute Gasteiger partial charge is 0.480 e. The average molecular weight is 333 g/mol. The first-order valence-electron chi connectivity index (χ1n) is 8.40. The highest BCUT2D eigenvalue weighted by molar-refractivity contribution is 5.97. The maximum absolute atomic E-state index is 13.0. The van der Waals surface area contributed by atoms with Crippen molar-refractivity contribution in [1.29, 1.82) is 0 Å². The van der Waals surface area contributed by atoms with Gasteiger partial charge in [0.2, 0.25) is 0 Å². The summed E-state index contributed by atoms with van der Waals surface area (Å²) >= 11 is 0. The van der Waals surface area contributed by atoms with Crippen LogP contribution in [0.3, 0.4) is 0 Å². The Hall–Kier alpha value is -1.99. The number of nitrogens with zero attached hydrogens (tertiary/aromatic N) is 3. The second kappa shape index (κ2) is 6.86. The van der Waals surface area contributed by atoms with Crippen molar-refractivity contribution < 1.29 is 19.4 Å². The maximum atomic E-state index is 13.0. The Kier molecular flexibility index (Phi) is 4.82. The van der Waals surface area contributed by atoms with Crippen LogP contribution in [-0.4, -0.2) is 69.8 Å². The molecule has 2 saturated heterocycles. The molecule has 0 saturated carbocycles. The summed E-state index contributed by atoms with van der Waals surface area (Å²) in [6, 6.07) is 2.28. The van der Waals surface area contributed by atoms with E-state index < -0.39 is 17.7 Å². The monoisotopic (exact) mass is 333 g/mol. The van der Waals surface area contributed by atoms with Crippen molar-refractivity contribution >= 4 is 11.9 Å². The lowest BCUT2D eigenvalue weighted by Crippen LogP contribution is -2.58. The zero-order chi connectivity index (χ0) is 17.2. The van der Waals surface area contributed by atoms with Gasteiger partial charge in [-0.05, 0) is 25.1 Å². The zero-order valence-corrected chi connectivity index (χ0v) is 13.9. The molecule has 3 heterocycles. The first kappa shape index (κ1) is 16.9. The van der Waals surface area contributed by atoms with Gasteiger partial charge in [0.05, 0.1) is 6.61 Å². The molecule has 0 radical (unpaired) electrons. The van der Waals surface area contributed by atoms with Crippen molar-refractivity contribution in [2.45, 2.75) is 38.0 Å². The molecule has 1 atom stereocenters. The number of aliphatic carboxylic acids is 1. The highest BCUT2D eigenvalue weighted by Gasteiger charge is 2.53. The fraction of sp³-hybridized carbons (Fsp3) is 0.588. The molecule has 130 valence electrons. The van der Waals surface area contributed by atoms with Crippen molar-refractivity contribution in [1.82, 2.24) is 14.8 Å². The summed E-state index contributed by atoms with van der Waals surface area (Å²) in [6.45, 7) is 4.80. The first-order chi connectivity index (χ1) is 11.6. The summed E-state index contributed by atoms with van der Waals surface area (Å²) in [5, 5.41) is 9.53. The number of carboxylic acids is 1. The molecule has 0 aliphatic carbocycles. The van der Waals surface area contributed by atoms with Crippen LogP contribution in [0.15, 0.2) is 24.5 Å². The van der Waals surface area contributed by atoms with E-state index in [1.165, 1.54) is 17.3 Å². The quantitative estimate of drug-likeness (QED) is 0.892. The molecule has 3 rings (SSSR count). The van der Waals surface area contributed by atoms with Gasteiger partial charge in [0, 0.05) is 43.9 Å². The highest BCUT2D eigenvalue weighted by Crippen LogP contribution is 2.38. The van der Waals surface area contributed by atoms with Crippen molar-refractivity contribution in [3.8, 4) is 0 Å². The summed E-state index contributed by atoms with van der Waals surface area (Å²) in [4.78, 5) is 32.3. The van der Waals surface area contributed by atoms with Gasteiger partial charge in [-0.1, -0.05) is 6.92 Å². The van der Waals surface area contributed by atoms with Gasteiger partial charge < -0.3 is 14.7 Å². The zero-order valence-electron chi connectivity index (χ0n) is 13.9. The normalized spacial score (nSPS) is 23.5. The van der Waals surface area contributed by atoms with E-state index in [9.17, 15) is 14.7 Å². The minimum Gasteiger partial charge on any atom is -0.480 e. The number of piperidine rings is 1. The molecule has 7 nitrogen and oxygen atoms in total. The minimum absolute atomic E-state index is 0.0416. The Morgan fingerprint density at radius 1 is 1.33 bits per heavy atom. The van der Waals surface area contributed by atoms with E-state index in [0.29, 0.717) is 18.4 Å². The fourth-order valence-electron chi connectivity index (χ4n) is 3.63. The summed E-state index contributed by atoms with van der Waals surface area (Å²) < 4.78 is 5.92. The van der Waals surface area contributed by atoms with Crippen LogP contribution in [0, 0.1) is 0 Å². The number of carbonyl (C=O) groups excluding carboxylic acids is 1. The molecule has 2 fully saturated rings. The molecule has 1 N–H and O–H groups in total. The Balaban J connectivity index is 1.86. The Morgan fingerprint density at radius 2 is 2.00 bits per heavy atom. The smallest absolute Gasteiger partial charge is 0.328 e. The molecule has 0 unspecified atom stereocenters. The number of aromatic nitrogens is 1. The van der Waals surface area contributed by atoms with E-state index in [-0.39, 0.29) is 12.5 Å². The molecule has 1 amide bonds. The molecule has 0 aromatic carbocycles. The van der Waals surface area contributed by atoms with Gasteiger partial charge in [0.1, 0.15) is 5.72 Å². The summed E-state index contributed by atoms with van der Waals surface area (Å²) in [7, 11) is 0. The maximum Gasteiger partial charge on any atom is 0.328 e. The lowest BCUT2D eigenvalue weighted by atomic mass is 9.96. The van der Waals surface area contributed by atoms with E-state index >= 15 is 0 Å². The Labute approximate surface area is 141 Å². The molecule has 1 aromatic rings. The summed E-state index contributed by atoms with van der Waals surface area (Å²) in [5.41, 5.74) is -0.370. The minimum atomic E-state index is -1.02. The second-order valence-electron chi connectivity index (χ2n) is 6.36. The third-order valence-electron chi connectivity index (χ3n) is 4.87. The molecule has 2 aliphatic heterocycles. The second-order valence-corrected chi connectivity index (χ2v) is 6.36. The number of hydrogen-bond donors (Lipinski definition) is 1. The molecule has 0 bridgehead atoms. The third kappa shape index (κ3) is 3.01. The van der Waals surface area contributed by atoms with E-state index in [4.69, 9.17) is 4.74 Å². The first-order valence-corrected chi connectivity index (χ1v) is 8.40. The number of pyridine rings is 1. The number of ether oxygens (including phenoxy) is 1. The highest BCUT2D eigenvalue weighted by atomic mass is 16.5. The van der Waals surface area contributed by atoms with E-state index in [2.05, 4.69) is 16.8 Å². The number of rotatable bonds is 4. The average Bonchev–Trinajstić information content (AvgIpc) is 2.97. The number of likely N-dealkylation sites (tertiary alicyclic amines) is 1. The van der Waals surface area contributed by atoms with Crippen LogP contribution in [0.2, 0.25) is 0 Å². The van der Waals surface area contributed by atoms with Gasteiger partial charge in [0.15, 0.2) is 6.04 Å². The molecule has 1 spiro atoms. The number of carbonyl (C=O) groups is 2. The van der Waals surface area contributed by atoms with Crippen LogP contribution >= 0.6 is 0 Å². The lowest BCUT2D eigenvalue weighted by molar-refractivity contribution is -0.143. The molecular formula is C17H23N3O4. The van der Waals surface area contributed by atoms with Gasteiger partial charge in [-0.25, -0.2) is 4.79 Å². The summed E-state index contributed by atoms with van der Waals surface area (Å²) in [6.07, 6.45) is 5.42. The van der Waals surface area contributed by atoms with Crippen molar-refractivity contribution in [2.75, 3.05) is 26.2 Å². The van der Waals surface area contributed by atoms with Crippen LogP contribution in [-0.2, 0) is 9.53 Å². The topological polar surface area (TPSA) is 83.0 Å². The van der Waals surface area contributed by atoms with Gasteiger partial charge in [-0.3, -0.25) is 14.7 Å². The summed E-state index contributed by atoms with van der Waals surface area (Å²) in [5.74, 6) is -1.32. The standard InChI is InChI=1S/C17H23N3O4/c1-2-9-19-10-5-17(6-11-19)20(14(12-24-17)16(22)23)15(21)13-3-7-18-8-4-13/h3-4,7-8,14H,2,5-6,9-12H2,1H3,(H,22,23)/t14-/m0/s1. The Morgan fingerprint density at radius 3 is 2.58 bits per heavy atom. The third-order valence-corrected chi connectivity index (χ3v) is 4.87. The van der Waals surface area contributed by atoms with Crippen molar-refractivity contribution in [2.24, 2.45) is 0 Å². The number of amides is 1. The van der Waals surface area contributed by atoms with E-state index in [1.807, 2.05) is 0 Å². The van der Waals surface area contributed by atoms with E-state index in [1.54, 1.807) is 12.1 Å². The van der Waals surface area contributed by atoms with Crippen LogP contribution in [0.1, 0.15) is 36.5 Å². The van der Waals surface area contributed by atoms with Gasteiger partial charge in [-0.15, -0.1) is 0 Å². The fourth-order valence-corrected chi connectivity index (χ4v) is 3.63. The van der Waals surface area contributed by atoms with Gasteiger partial charge >= 0.3 is 5.97 Å². The molecule has 1 aromatic heterocycles. The van der Waals surface area contributed by atoms with Gasteiger partial charge in [-0.2, -0.15) is 0 Å². The molecule has 7 heteroatoms. The predicted molar refractivity (Wildman–Crippen MR) is 86.5 cm³/mol. The van der Waals surface area contributed by atoms with Crippen molar-refractivity contribution in [3.05, 3.63) is 30.1 Å². The SMILES string of the molecule is CCCN1CCC2(CC1)OC[C@@H](C(=O)O)N2C(=O)c1ccncc1. The molecule has 24 heavy (non-hydrogen) atoms. The van der Waals surface area contributed by atoms with Crippen molar-refractivity contribution in [3.63, 3.8) is 0 Å². The predicted octanol–water partition coefficient (Wildman–Crippen LogP) is 1.21. The van der Waals surface area contributed by atoms with Crippen LogP contribution in [0.5, 0.6) is 0 Å². The van der Waals surface area contributed by atoms with Gasteiger partial charge in [0.25, 0.3) is 5.91 Å². The van der Waals surface area contributed by atoms with Crippen LogP contribution < -0.4 is 0 Å². The lowest BCUT2D eigenvalue weighted by Gasteiger charge is -2.44. The number of hydrogen-bond acceptors (Lipinski definition) is 5. The molecular weight excluding hydrogens is 310 g/mol. The van der Waals surface area contributed by atoms with E-state index in [0.717, 1.165) is 26.1 Å². The van der Waals surface area contributed by atoms with Crippen LogP contribution in [0.25, 0.3) is 0 Å².